The Hall–Kier alpha value is -0.870. The first-order valence-corrected chi connectivity index (χ1v) is 6.46. The number of aliphatic hydroxyl groups is 1. The molecule has 4 nitrogen and oxygen atoms in total. The van der Waals surface area contributed by atoms with Gasteiger partial charge in [0.15, 0.2) is 0 Å². The standard InChI is InChI=1S/C13H25N3O/c1-5-11(6-2)13(17)9-14-8-12-7-10(3)15-16(12)4/h7,11,13-14,17H,5-6,8-9H2,1-4H3. The summed E-state index contributed by atoms with van der Waals surface area (Å²) in [5, 5.41) is 17.6. The monoisotopic (exact) mass is 239 g/mol. The summed E-state index contributed by atoms with van der Waals surface area (Å²) in [6.07, 6.45) is 1.81. The summed E-state index contributed by atoms with van der Waals surface area (Å²) in [6, 6.07) is 2.07. The van der Waals surface area contributed by atoms with Crippen molar-refractivity contribution in [3.8, 4) is 0 Å². The van der Waals surface area contributed by atoms with Crippen LogP contribution in [0.5, 0.6) is 0 Å². The number of rotatable bonds is 7. The minimum atomic E-state index is -0.251. The smallest absolute Gasteiger partial charge is 0.0692 e. The lowest BCUT2D eigenvalue weighted by Gasteiger charge is -2.20. The Bertz CT molecular complexity index is 331. The van der Waals surface area contributed by atoms with Crippen LogP contribution in [0.3, 0.4) is 0 Å². The highest BCUT2D eigenvalue weighted by Gasteiger charge is 2.14. The van der Waals surface area contributed by atoms with Gasteiger partial charge in [-0.15, -0.1) is 0 Å². The Morgan fingerprint density at radius 2 is 2.06 bits per heavy atom. The predicted octanol–water partition coefficient (Wildman–Crippen LogP) is 1.62. The molecule has 1 atom stereocenters. The van der Waals surface area contributed by atoms with E-state index in [1.165, 1.54) is 0 Å². The molecule has 0 aromatic carbocycles. The predicted molar refractivity (Wildman–Crippen MR) is 69.7 cm³/mol. The molecule has 0 amide bonds. The zero-order chi connectivity index (χ0) is 12.8. The molecular formula is C13H25N3O. The Morgan fingerprint density at radius 3 is 2.53 bits per heavy atom. The lowest BCUT2D eigenvalue weighted by atomic mass is 9.96. The number of hydrogen-bond acceptors (Lipinski definition) is 3. The first-order chi connectivity index (χ1) is 8.08. The third-order valence-electron chi connectivity index (χ3n) is 3.35. The Morgan fingerprint density at radius 1 is 1.41 bits per heavy atom. The lowest BCUT2D eigenvalue weighted by molar-refractivity contribution is 0.101. The normalized spacial score (nSPS) is 13.3. The molecule has 1 aromatic rings. The molecule has 1 unspecified atom stereocenters. The second-order valence-corrected chi connectivity index (χ2v) is 4.68. The van der Waals surface area contributed by atoms with Gasteiger partial charge >= 0.3 is 0 Å². The summed E-state index contributed by atoms with van der Waals surface area (Å²) >= 11 is 0. The van der Waals surface area contributed by atoms with E-state index < -0.39 is 0 Å². The van der Waals surface area contributed by atoms with Crippen molar-refractivity contribution < 1.29 is 5.11 Å². The molecule has 0 radical (unpaired) electrons. The molecule has 17 heavy (non-hydrogen) atoms. The maximum atomic E-state index is 9.98. The van der Waals surface area contributed by atoms with E-state index in [1.807, 2.05) is 18.7 Å². The second kappa shape index (κ2) is 6.77. The van der Waals surface area contributed by atoms with Crippen LogP contribution in [0.25, 0.3) is 0 Å². The number of aromatic nitrogens is 2. The van der Waals surface area contributed by atoms with Crippen molar-refractivity contribution in [1.29, 1.82) is 0 Å². The molecule has 1 rings (SSSR count). The number of nitrogens with one attached hydrogen (secondary N) is 1. The highest BCUT2D eigenvalue weighted by Crippen LogP contribution is 2.12. The number of aryl methyl sites for hydroxylation is 2. The van der Waals surface area contributed by atoms with E-state index >= 15 is 0 Å². The van der Waals surface area contributed by atoms with E-state index in [1.54, 1.807) is 0 Å². The molecular weight excluding hydrogens is 214 g/mol. The molecule has 0 fully saturated rings. The van der Waals surface area contributed by atoms with Crippen LogP contribution >= 0.6 is 0 Å². The largest absolute Gasteiger partial charge is 0.392 e. The molecule has 2 N–H and O–H groups in total. The molecule has 0 saturated heterocycles. The number of hydrogen-bond donors (Lipinski definition) is 2. The summed E-state index contributed by atoms with van der Waals surface area (Å²) in [5.41, 5.74) is 2.18. The minimum absolute atomic E-state index is 0.251. The summed E-state index contributed by atoms with van der Waals surface area (Å²) in [7, 11) is 1.95. The van der Waals surface area contributed by atoms with Crippen LogP contribution in [-0.4, -0.2) is 27.5 Å². The van der Waals surface area contributed by atoms with Gasteiger partial charge in [-0.3, -0.25) is 4.68 Å². The molecule has 1 aromatic heterocycles. The number of nitrogens with zero attached hydrogens (tertiary/aromatic N) is 2. The minimum Gasteiger partial charge on any atom is -0.392 e. The van der Waals surface area contributed by atoms with Crippen molar-refractivity contribution in [3.05, 3.63) is 17.5 Å². The third kappa shape index (κ3) is 4.13. The Balaban J connectivity index is 2.35. The fourth-order valence-electron chi connectivity index (χ4n) is 2.18. The van der Waals surface area contributed by atoms with E-state index in [0.29, 0.717) is 12.5 Å². The Labute approximate surface area is 104 Å². The van der Waals surface area contributed by atoms with Crippen LogP contribution in [0.4, 0.5) is 0 Å². The first-order valence-electron chi connectivity index (χ1n) is 6.46. The van der Waals surface area contributed by atoms with Gasteiger partial charge in [0.05, 0.1) is 17.5 Å². The van der Waals surface area contributed by atoms with Crippen molar-refractivity contribution in [3.63, 3.8) is 0 Å². The SMILES string of the molecule is CCC(CC)C(O)CNCc1cc(C)nn1C. The molecule has 0 bridgehead atoms. The van der Waals surface area contributed by atoms with Crippen molar-refractivity contribution in [2.45, 2.75) is 46.3 Å². The zero-order valence-corrected chi connectivity index (χ0v) is 11.4. The average molecular weight is 239 g/mol. The van der Waals surface area contributed by atoms with Gasteiger partial charge in [-0.25, -0.2) is 0 Å². The molecule has 0 aliphatic carbocycles. The van der Waals surface area contributed by atoms with E-state index in [0.717, 1.165) is 30.8 Å². The van der Waals surface area contributed by atoms with Gasteiger partial charge < -0.3 is 10.4 Å². The average Bonchev–Trinajstić information content (AvgIpc) is 2.59. The van der Waals surface area contributed by atoms with Crippen molar-refractivity contribution in [1.82, 2.24) is 15.1 Å². The third-order valence-corrected chi connectivity index (χ3v) is 3.35. The second-order valence-electron chi connectivity index (χ2n) is 4.68. The van der Waals surface area contributed by atoms with E-state index in [-0.39, 0.29) is 6.10 Å². The Kier molecular flexibility index (Phi) is 5.65. The molecule has 1 heterocycles. The first kappa shape index (κ1) is 14.2. The van der Waals surface area contributed by atoms with Gasteiger partial charge in [-0.1, -0.05) is 26.7 Å². The van der Waals surface area contributed by atoms with Crippen LogP contribution in [-0.2, 0) is 13.6 Å². The van der Waals surface area contributed by atoms with Crippen molar-refractivity contribution >= 4 is 0 Å². The lowest BCUT2D eigenvalue weighted by Crippen LogP contribution is -2.32. The molecule has 0 spiro atoms. The fraction of sp³-hybridized carbons (Fsp3) is 0.769. The van der Waals surface area contributed by atoms with E-state index in [2.05, 4.69) is 30.3 Å². The highest BCUT2D eigenvalue weighted by molar-refractivity contribution is 5.08. The van der Waals surface area contributed by atoms with Crippen LogP contribution in [0.2, 0.25) is 0 Å². The van der Waals surface area contributed by atoms with Crippen LogP contribution in [0.1, 0.15) is 38.1 Å². The van der Waals surface area contributed by atoms with E-state index in [4.69, 9.17) is 0 Å². The quantitative estimate of drug-likeness (QED) is 0.760. The van der Waals surface area contributed by atoms with Gasteiger partial charge in [0.1, 0.15) is 0 Å². The highest BCUT2D eigenvalue weighted by atomic mass is 16.3. The summed E-state index contributed by atoms with van der Waals surface area (Å²) < 4.78 is 1.88. The van der Waals surface area contributed by atoms with Gasteiger partial charge in [0.25, 0.3) is 0 Å². The fourth-order valence-corrected chi connectivity index (χ4v) is 2.18. The topological polar surface area (TPSA) is 50.1 Å². The molecule has 0 aliphatic heterocycles. The van der Waals surface area contributed by atoms with Crippen LogP contribution in [0.15, 0.2) is 6.07 Å². The summed E-state index contributed by atoms with van der Waals surface area (Å²) in [4.78, 5) is 0. The van der Waals surface area contributed by atoms with E-state index in [9.17, 15) is 5.11 Å². The molecule has 98 valence electrons. The maximum absolute atomic E-state index is 9.98. The zero-order valence-electron chi connectivity index (χ0n) is 11.4. The van der Waals surface area contributed by atoms with Crippen molar-refractivity contribution in [2.75, 3.05) is 6.54 Å². The van der Waals surface area contributed by atoms with Gasteiger partial charge in [0, 0.05) is 20.1 Å². The summed E-state index contributed by atoms with van der Waals surface area (Å²) in [5.74, 6) is 0.399. The van der Waals surface area contributed by atoms with Gasteiger partial charge in [0.2, 0.25) is 0 Å². The summed E-state index contributed by atoms with van der Waals surface area (Å²) in [6.45, 7) is 7.65. The van der Waals surface area contributed by atoms with Gasteiger partial charge in [-0.2, -0.15) is 5.10 Å². The van der Waals surface area contributed by atoms with Crippen LogP contribution < -0.4 is 5.32 Å². The maximum Gasteiger partial charge on any atom is 0.0692 e. The van der Waals surface area contributed by atoms with Crippen LogP contribution in [0, 0.1) is 12.8 Å². The molecule has 0 aliphatic rings. The molecule has 4 heteroatoms. The van der Waals surface area contributed by atoms with Gasteiger partial charge in [-0.05, 0) is 18.9 Å². The molecule has 0 saturated carbocycles. The van der Waals surface area contributed by atoms with Crippen molar-refractivity contribution in [2.24, 2.45) is 13.0 Å². The number of aliphatic hydroxyl groups excluding tert-OH is 1.